The Hall–Kier alpha value is -1.61. The fraction of sp³-hybridized carbons (Fsp3) is 0.231. The largest absolute Gasteiger partial charge is 0.462 e. The summed E-state index contributed by atoms with van der Waals surface area (Å²) in [6.07, 6.45) is 3.20. The van der Waals surface area contributed by atoms with E-state index in [0.29, 0.717) is 5.02 Å². The van der Waals surface area contributed by atoms with E-state index in [0.717, 1.165) is 5.56 Å². The minimum atomic E-state index is -0.457. The second-order valence-electron chi connectivity index (χ2n) is 3.50. The van der Waals surface area contributed by atoms with Gasteiger partial charge >= 0.3 is 5.97 Å². The van der Waals surface area contributed by atoms with Gasteiger partial charge in [-0.1, -0.05) is 23.7 Å². The topological polar surface area (TPSA) is 43.4 Å². The van der Waals surface area contributed by atoms with E-state index in [1.807, 2.05) is 0 Å². The molecule has 4 heteroatoms. The molecule has 0 fully saturated rings. The molecule has 0 bridgehead atoms. The van der Waals surface area contributed by atoms with Gasteiger partial charge in [-0.25, -0.2) is 4.79 Å². The lowest BCUT2D eigenvalue weighted by atomic mass is 10.2. The van der Waals surface area contributed by atoms with Gasteiger partial charge in [0.2, 0.25) is 0 Å². The number of Topliss-reactive ketones (excluding diaryl/α,β-unsaturated/α-hetero) is 1. The molecule has 1 aromatic carbocycles. The maximum atomic E-state index is 11.2. The van der Waals surface area contributed by atoms with Crippen LogP contribution in [0.3, 0.4) is 0 Å². The molecule has 0 unspecified atom stereocenters. The number of esters is 1. The second kappa shape index (κ2) is 6.86. The van der Waals surface area contributed by atoms with Gasteiger partial charge in [-0.15, -0.1) is 0 Å². The Bertz CT molecular complexity index is 421. The zero-order valence-electron chi connectivity index (χ0n) is 9.48. The Labute approximate surface area is 105 Å². The molecule has 0 saturated heterocycles. The molecule has 17 heavy (non-hydrogen) atoms. The number of carbonyl (C=O) groups excluding carboxylic acids is 2. The number of halogens is 1. The van der Waals surface area contributed by atoms with Crippen LogP contribution in [-0.2, 0) is 14.3 Å². The molecule has 90 valence electrons. The van der Waals surface area contributed by atoms with Crippen LogP contribution in [0.4, 0.5) is 0 Å². The first kappa shape index (κ1) is 13.5. The predicted molar refractivity (Wildman–Crippen MR) is 66.7 cm³/mol. The monoisotopic (exact) mass is 252 g/mol. The molecule has 0 aliphatic heterocycles. The predicted octanol–water partition coefficient (Wildman–Crippen LogP) is 2.88. The lowest BCUT2D eigenvalue weighted by Crippen LogP contribution is -2.05. The van der Waals surface area contributed by atoms with Crippen molar-refractivity contribution in [2.45, 2.75) is 13.3 Å². The Morgan fingerprint density at radius 1 is 1.29 bits per heavy atom. The summed E-state index contributed by atoms with van der Waals surface area (Å²) in [7, 11) is 0. The van der Waals surface area contributed by atoms with E-state index in [1.54, 1.807) is 30.3 Å². The Morgan fingerprint density at radius 3 is 2.53 bits per heavy atom. The molecule has 0 saturated carbocycles. The molecule has 0 aliphatic carbocycles. The summed E-state index contributed by atoms with van der Waals surface area (Å²) in [6.45, 7) is 1.58. The molecule has 0 radical (unpaired) electrons. The van der Waals surface area contributed by atoms with E-state index in [1.165, 1.54) is 13.0 Å². The Morgan fingerprint density at radius 2 is 1.94 bits per heavy atom. The van der Waals surface area contributed by atoms with Crippen molar-refractivity contribution < 1.29 is 14.3 Å². The van der Waals surface area contributed by atoms with E-state index in [-0.39, 0.29) is 18.8 Å². The lowest BCUT2D eigenvalue weighted by molar-refractivity contribution is -0.138. The average molecular weight is 253 g/mol. The molecule has 1 aromatic rings. The van der Waals surface area contributed by atoms with Crippen LogP contribution in [0.25, 0.3) is 6.08 Å². The molecule has 0 atom stereocenters. The SMILES string of the molecule is CC(=O)CCOC(=O)/C=C/c1ccc(Cl)cc1. The van der Waals surface area contributed by atoms with Gasteiger partial charge in [0.1, 0.15) is 5.78 Å². The second-order valence-corrected chi connectivity index (χ2v) is 3.94. The van der Waals surface area contributed by atoms with Gasteiger partial charge in [0.15, 0.2) is 0 Å². The van der Waals surface area contributed by atoms with E-state index < -0.39 is 5.97 Å². The van der Waals surface area contributed by atoms with Gasteiger partial charge in [-0.05, 0) is 30.7 Å². The molecule has 3 nitrogen and oxygen atoms in total. The van der Waals surface area contributed by atoms with Crippen LogP contribution < -0.4 is 0 Å². The highest BCUT2D eigenvalue weighted by atomic mass is 35.5. The molecular weight excluding hydrogens is 240 g/mol. The van der Waals surface area contributed by atoms with Crippen molar-refractivity contribution in [2.75, 3.05) is 6.61 Å². The van der Waals surface area contributed by atoms with Crippen LogP contribution in [-0.4, -0.2) is 18.4 Å². The van der Waals surface area contributed by atoms with Crippen molar-refractivity contribution in [3.8, 4) is 0 Å². The standard InChI is InChI=1S/C13H13ClO3/c1-10(15)8-9-17-13(16)7-4-11-2-5-12(14)6-3-11/h2-7H,8-9H2,1H3/b7-4+. The van der Waals surface area contributed by atoms with Crippen molar-refractivity contribution >= 4 is 29.4 Å². The average Bonchev–Trinajstić information content (AvgIpc) is 2.28. The number of hydrogen-bond donors (Lipinski definition) is 0. The molecule has 0 aliphatic rings. The zero-order chi connectivity index (χ0) is 12.7. The van der Waals surface area contributed by atoms with Crippen LogP contribution in [0.1, 0.15) is 18.9 Å². The minimum absolute atomic E-state index is 0.000481. The third-order valence-electron chi connectivity index (χ3n) is 1.98. The minimum Gasteiger partial charge on any atom is -0.462 e. The van der Waals surface area contributed by atoms with Crippen molar-refractivity contribution in [2.24, 2.45) is 0 Å². The molecule has 0 aromatic heterocycles. The quantitative estimate of drug-likeness (QED) is 0.598. The maximum Gasteiger partial charge on any atom is 0.330 e. The fourth-order valence-electron chi connectivity index (χ4n) is 1.08. The molecular formula is C13H13ClO3. The number of ketones is 1. The van der Waals surface area contributed by atoms with Crippen LogP contribution in [0.15, 0.2) is 30.3 Å². The summed E-state index contributed by atoms with van der Waals surface area (Å²) in [5.41, 5.74) is 0.859. The summed E-state index contributed by atoms with van der Waals surface area (Å²) in [6, 6.07) is 7.06. The van der Waals surface area contributed by atoms with Crippen molar-refractivity contribution in [1.29, 1.82) is 0 Å². The van der Waals surface area contributed by atoms with Gasteiger partial charge in [0, 0.05) is 17.5 Å². The first-order valence-corrected chi connectivity index (χ1v) is 5.55. The summed E-state index contributed by atoms with van der Waals surface area (Å²) >= 11 is 5.72. The summed E-state index contributed by atoms with van der Waals surface area (Å²) in [4.78, 5) is 21.8. The third-order valence-corrected chi connectivity index (χ3v) is 2.23. The Balaban J connectivity index is 2.40. The van der Waals surface area contributed by atoms with Gasteiger partial charge in [-0.3, -0.25) is 4.79 Å². The summed E-state index contributed by atoms with van der Waals surface area (Å²) < 4.78 is 4.83. The number of hydrogen-bond acceptors (Lipinski definition) is 3. The zero-order valence-corrected chi connectivity index (χ0v) is 10.2. The van der Waals surface area contributed by atoms with Crippen LogP contribution >= 0.6 is 11.6 Å². The Kier molecular flexibility index (Phi) is 5.43. The number of benzene rings is 1. The lowest BCUT2D eigenvalue weighted by Gasteiger charge is -1.98. The van der Waals surface area contributed by atoms with Crippen LogP contribution in [0.5, 0.6) is 0 Å². The van der Waals surface area contributed by atoms with E-state index in [4.69, 9.17) is 16.3 Å². The van der Waals surface area contributed by atoms with Gasteiger partial charge in [0.05, 0.1) is 6.61 Å². The molecule has 0 heterocycles. The highest BCUT2D eigenvalue weighted by Gasteiger charge is 1.98. The molecule has 1 rings (SSSR count). The molecule has 0 spiro atoms. The highest BCUT2D eigenvalue weighted by Crippen LogP contribution is 2.10. The first-order valence-electron chi connectivity index (χ1n) is 5.18. The van der Waals surface area contributed by atoms with Crippen LogP contribution in [0.2, 0.25) is 5.02 Å². The number of ether oxygens (including phenoxy) is 1. The van der Waals surface area contributed by atoms with Crippen LogP contribution in [0, 0.1) is 0 Å². The normalized spacial score (nSPS) is 10.5. The molecule has 0 amide bonds. The van der Waals surface area contributed by atoms with Crippen molar-refractivity contribution in [1.82, 2.24) is 0 Å². The maximum absolute atomic E-state index is 11.2. The molecule has 0 N–H and O–H groups in total. The highest BCUT2D eigenvalue weighted by molar-refractivity contribution is 6.30. The van der Waals surface area contributed by atoms with Crippen molar-refractivity contribution in [3.63, 3.8) is 0 Å². The van der Waals surface area contributed by atoms with Crippen molar-refractivity contribution in [3.05, 3.63) is 40.9 Å². The third kappa shape index (κ3) is 5.88. The first-order chi connectivity index (χ1) is 8.08. The van der Waals surface area contributed by atoms with Gasteiger partial charge in [-0.2, -0.15) is 0 Å². The number of carbonyl (C=O) groups is 2. The van der Waals surface area contributed by atoms with E-state index >= 15 is 0 Å². The van der Waals surface area contributed by atoms with E-state index in [2.05, 4.69) is 0 Å². The fourth-order valence-corrected chi connectivity index (χ4v) is 1.21. The smallest absolute Gasteiger partial charge is 0.330 e. The number of rotatable bonds is 5. The summed E-state index contributed by atoms with van der Waals surface area (Å²) in [5, 5.41) is 0.645. The van der Waals surface area contributed by atoms with E-state index in [9.17, 15) is 9.59 Å². The summed E-state index contributed by atoms with van der Waals surface area (Å²) in [5.74, 6) is -0.458. The van der Waals surface area contributed by atoms with Gasteiger partial charge < -0.3 is 4.74 Å². The van der Waals surface area contributed by atoms with Gasteiger partial charge in [0.25, 0.3) is 0 Å².